The number of rotatable bonds is 7. The summed E-state index contributed by atoms with van der Waals surface area (Å²) >= 11 is 0. The van der Waals surface area contributed by atoms with Crippen LogP contribution in [-0.2, 0) is 11.2 Å². The van der Waals surface area contributed by atoms with Gasteiger partial charge in [0.05, 0.1) is 6.20 Å². The lowest BCUT2D eigenvalue weighted by molar-refractivity contribution is -0.116. The number of anilines is 1. The second-order valence-corrected chi connectivity index (χ2v) is 8.37. The minimum absolute atomic E-state index is 0.0454. The molecule has 1 heterocycles. The molecule has 2 N–H and O–H groups in total. The molecule has 1 aliphatic rings. The molecule has 166 valence electrons. The van der Waals surface area contributed by atoms with E-state index in [-0.39, 0.29) is 24.3 Å². The molecule has 0 bridgehead atoms. The van der Waals surface area contributed by atoms with Crippen LogP contribution in [0.5, 0.6) is 0 Å². The summed E-state index contributed by atoms with van der Waals surface area (Å²) in [6.45, 7) is 1.90. The molecule has 32 heavy (non-hydrogen) atoms. The van der Waals surface area contributed by atoms with Gasteiger partial charge in [-0.2, -0.15) is 0 Å². The number of carbonyl (C=O) groups is 2. The van der Waals surface area contributed by atoms with E-state index in [1.807, 2.05) is 43.3 Å². The highest BCUT2D eigenvalue weighted by Crippen LogP contribution is 2.22. The van der Waals surface area contributed by atoms with Crippen LogP contribution in [0.1, 0.15) is 60.3 Å². The van der Waals surface area contributed by atoms with Gasteiger partial charge in [-0.15, -0.1) is 0 Å². The maximum absolute atomic E-state index is 12.5. The standard InChI is InChI=1S/C26H29N3O3/c1-18-16-20(26(31)28-21-10-6-3-7-11-21)12-13-22(18)29-24(30)14-15-25-27-17-23(32-25)19-8-4-2-5-9-19/h2,4-5,8-9,12-13,16-17,21H,3,6-7,10-11,14-15H2,1H3,(H,28,31)(H,29,30). The highest BCUT2D eigenvalue weighted by Gasteiger charge is 2.17. The molecule has 4 rings (SSSR count). The van der Waals surface area contributed by atoms with Crippen LogP contribution in [0.4, 0.5) is 5.69 Å². The molecule has 0 radical (unpaired) electrons. The first-order chi connectivity index (χ1) is 15.6. The molecule has 2 aromatic carbocycles. The molecule has 6 heteroatoms. The number of oxazole rings is 1. The SMILES string of the molecule is Cc1cc(C(=O)NC2CCCCC2)ccc1NC(=O)CCc1ncc(-c2ccccc2)o1. The number of hydrogen-bond acceptors (Lipinski definition) is 4. The third-order valence-electron chi connectivity index (χ3n) is 5.88. The molecule has 3 aromatic rings. The number of carbonyl (C=O) groups excluding carboxylic acids is 2. The van der Waals surface area contributed by atoms with Gasteiger partial charge in [-0.1, -0.05) is 49.6 Å². The summed E-state index contributed by atoms with van der Waals surface area (Å²) in [6, 6.07) is 15.4. The molecule has 1 aromatic heterocycles. The Morgan fingerprint density at radius 2 is 1.84 bits per heavy atom. The maximum atomic E-state index is 12.5. The lowest BCUT2D eigenvalue weighted by Crippen LogP contribution is -2.36. The predicted octanol–water partition coefficient (Wildman–Crippen LogP) is 5.28. The van der Waals surface area contributed by atoms with Gasteiger partial charge in [0, 0.05) is 35.7 Å². The van der Waals surface area contributed by atoms with Crippen molar-refractivity contribution in [2.24, 2.45) is 0 Å². The highest BCUT2D eigenvalue weighted by atomic mass is 16.4. The number of amides is 2. The van der Waals surface area contributed by atoms with Gasteiger partial charge in [0.2, 0.25) is 5.91 Å². The summed E-state index contributed by atoms with van der Waals surface area (Å²) in [4.78, 5) is 29.3. The van der Waals surface area contributed by atoms with Crippen molar-refractivity contribution in [3.8, 4) is 11.3 Å². The van der Waals surface area contributed by atoms with E-state index < -0.39 is 0 Å². The van der Waals surface area contributed by atoms with Crippen molar-refractivity contribution >= 4 is 17.5 Å². The van der Waals surface area contributed by atoms with Gasteiger partial charge in [0.25, 0.3) is 5.91 Å². The fraction of sp³-hybridized carbons (Fsp3) is 0.346. The fourth-order valence-electron chi connectivity index (χ4n) is 4.06. The van der Waals surface area contributed by atoms with Gasteiger partial charge >= 0.3 is 0 Å². The largest absolute Gasteiger partial charge is 0.441 e. The summed E-state index contributed by atoms with van der Waals surface area (Å²) in [6.07, 6.45) is 8.07. The van der Waals surface area contributed by atoms with Crippen LogP contribution < -0.4 is 10.6 Å². The molecule has 1 fully saturated rings. The Bertz CT molecular complexity index is 1070. The fourth-order valence-corrected chi connectivity index (χ4v) is 4.06. The summed E-state index contributed by atoms with van der Waals surface area (Å²) in [5, 5.41) is 6.06. The topological polar surface area (TPSA) is 84.2 Å². The Hall–Kier alpha value is -3.41. The number of benzene rings is 2. The van der Waals surface area contributed by atoms with Crippen molar-refractivity contribution in [1.29, 1.82) is 0 Å². The molecule has 0 aliphatic heterocycles. The van der Waals surface area contributed by atoms with Gasteiger partial charge in [0.1, 0.15) is 0 Å². The number of hydrogen-bond donors (Lipinski definition) is 2. The average Bonchev–Trinajstić information content (AvgIpc) is 3.29. The smallest absolute Gasteiger partial charge is 0.251 e. The van der Waals surface area contributed by atoms with Gasteiger partial charge in [-0.3, -0.25) is 9.59 Å². The van der Waals surface area contributed by atoms with Crippen LogP contribution in [0.25, 0.3) is 11.3 Å². The molecule has 0 saturated heterocycles. The first kappa shape index (κ1) is 21.8. The summed E-state index contributed by atoms with van der Waals surface area (Å²) in [7, 11) is 0. The Labute approximate surface area is 188 Å². The van der Waals surface area contributed by atoms with Crippen molar-refractivity contribution in [3.63, 3.8) is 0 Å². The zero-order valence-electron chi connectivity index (χ0n) is 18.4. The first-order valence-electron chi connectivity index (χ1n) is 11.3. The Balaban J connectivity index is 1.29. The van der Waals surface area contributed by atoms with E-state index in [2.05, 4.69) is 15.6 Å². The van der Waals surface area contributed by atoms with Crippen molar-refractivity contribution in [2.45, 2.75) is 57.9 Å². The van der Waals surface area contributed by atoms with E-state index in [9.17, 15) is 9.59 Å². The van der Waals surface area contributed by atoms with Crippen LogP contribution >= 0.6 is 0 Å². The highest BCUT2D eigenvalue weighted by molar-refractivity contribution is 5.96. The lowest BCUT2D eigenvalue weighted by Gasteiger charge is -2.23. The van der Waals surface area contributed by atoms with E-state index >= 15 is 0 Å². The van der Waals surface area contributed by atoms with Crippen molar-refractivity contribution < 1.29 is 14.0 Å². The molecular weight excluding hydrogens is 402 g/mol. The minimum Gasteiger partial charge on any atom is -0.441 e. The molecule has 2 amide bonds. The first-order valence-corrected chi connectivity index (χ1v) is 11.3. The van der Waals surface area contributed by atoms with Crippen LogP contribution in [0.3, 0.4) is 0 Å². The van der Waals surface area contributed by atoms with Crippen molar-refractivity contribution in [1.82, 2.24) is 10.3 Å². The molecule has 1 aliphatic carbocycles. The van der Waals surface area contributed by atoms with Crippen LogP contribution in [0.15, 0.2) is 59.1 Å². The van der Waals surface area contributed by atoms with Gasteiger partial charge in [-0.25, -0.2) is 4.98 Å². The van der Waals surface area contributed by atoms with Gasteiger partial charge in [0.15, 0.2) is 11.7 Å². The number of nitrogens with zero attached hydrogens (tertiary/aromatic N) is 1. The second kappa shape index (κ2) is 10.3. The Morgan fingerprint density at radius 3 is 2.59 bits per heavy atom. The van der Waals surface area contributed by atoms with Crippen LogP contribution in [0, 0.1) is 6.92 Å². The number of aryl methyl sites for hydroxylation is 2. The molecular formula is C26H29N3O3. The molecule has 0 atom stereocenters. The Kier molecular flexibility index (Phi) is 7.00. The third-order valence-corrected chi connectivity index (χ3v) is 5.88. The minimum atomic E-state index is -0.119. The number of nitrogens with one attached hydrogen (secondary N) is 2. The third kappa shape index (κ3) is 5.63. The molecule has 1 saturated carbocycles. The summed E-state index contributed by atoms with van der Waals surface area (Å²) in [5.41, 5.74) is 3.15. The summed E-state index contributed by atoms with van der Waals surface area (Å²) < 4.78 is 5.76. The predicted molar refractivity (Wildman–Crippen MR) is 124 cm³/mol. The monoisotopic (exact) mass is 431 g/mol. The zero-order valence-corrected chi connectivity index (χ0v) is 18.4. The normalized spacial score (nSPS) is 14.2. The maximum Gasteiger partial charge on any atom is 0.251 e. The van der Waals surface area contributed by atoms with Gasteiger partial charge in [-0.05, 0) is 43.5 Å². The number of aromatic nitrogens is 1. The molecule has 0 unspecified atom stereocenters. The summed E-state index contributed by atoms with van der Waals surface area (Å²) in [5.74, 6) is 1.06. The van der Waals surface area contributed by atoms with E-state index in [0.29, 0.717) is 29.3 Å². The van der Waals surface area contributed by atoms with Crippen molar-refractivity contribution in [2.75, 3.05) is 5.32 Å². The zero-order chi connectivity index (χ0) is 22.3. The quantitative estimate of drug-likeness (QED) is 0.533. The lowest BCUT2D eigenvalue weighted by atomic mass is 9.95. The van der Waals surface area contributed by atoms with Crippen LogP contribution in [0.2, 0.25) is 0 Å². The molecule has 0 spiro atoms. The van der Waals surface area contributed by atoms with E-state index in [1.165, 1.54) is 19.3 Å². The Morgan fingerprint density at radius 1 is 1.06 bits per heavy atom. The average molecular weight is 432 g/mol. The van der Waals surface area contributed by atoms with E-state index in [1.54, 1.807) is 18.3 Å². The van der Waals surface area contributed by atoms with E-state index in [4.69, 9.17) is 4.42 Å². The van der Waals surface area contributed by atoms with Crippen LogP contribution in [-0.4, -0.2) is 22.8 Å². The van der Waals surface area contributed by atoms with Gasteiger partial charge < -0.3 is 15.1 Å². The second-order valence-electron chi connectivity index (χ2n) is 8.37. The van der Waals surface area contributed by atoms with E-state index in [0.717, 1.165) is 24.0 Å². The molecule has 6 nitrogen and oxygen atoms in total. The van der Waals surface area contributed by atoms with Crippen molar-refractivity contribution in [3.05, 3.63) is 71.7 Å².